The number of pyridine rings is 2. The minimum atomic E-state index is -1.21. The van der Waals surface area contributed by atoms with E-state index in [0.717, 1.165) is 56.2 Å². The molecule has 6 nitrogen and oxygen atoms in total. The van der Waals surface area contributed by atoms with Gasteiger partial charge in [-0.15, -0.1) is 11.8 Å². The Morgan fingerprint density at radius 3 is 1.63 bits per heavy atom. The predicted molar refractivity (Wildman–Crippen MR) is 172 cm³/mol. The summed E-state index contributed by atoms with van der Waals surface area (Å²) in [7, 11) is 0. The Morgan fingerprint density at radius 2 is 1.19 bits per heavy atom. The van der Waals surface area contributed by atoms with Crippen LogP contribution in [0.5, 0.6) is 0 Å². The largest absolute Gasteiger partial charge is 0.477 e. The van der Waals surface area contributed by atoms with E-state index in [-0.39, 0.29) is 10.8 Å². The van der Waals surface area contributed by atoms with E-state index in [1.165, 1.54) is 6.08 Å². The standard InChI is InChI=1S/C36H26N4O2S/c37-24-30(36(41)42)23-34-13-14-35(43-34)29-5-11-33(12-6-29)40(31-7-1-25(2-8-31)27-15-19-38-20-16-27)32-9-3-26(4-10-32)28-17-21-39-22-18-28/h1-13,15-23,35H,14H2,(H,41,42)/b30-23+. The number of hydrogen-bond acceptors (Lipinski definition) is 6. The number of nitrogens with zero attached hydrogens (tertiary/aromatic N) is 4. The molecule has 0 fully saturated rings. The summed E-state index contributed by atoms with van der Waals surface area (Å²) in [6.07, 6.45) is 11.4. The van der Waals surface area contributed by atoms with E-state index in [2.05, 4.69) is 87.7 Å². The summed E-state index contributed by atoms with van der Waals surface area (Å²) in [5.74, 6) is -1.21. The molecule has 0 saturated carbocycles. The van der Waals surface area contributed by atoms with Crippen molar-refractivity contribution in [2.75, 3.05) is 4.90 Å². The Balaban J connectivity index is 1.30. The van der Waals surface area contributed by atoms with Crippen molar-refractivity contribution < 1.29 is 9.90 Å². The van der Waals surface area contributed by atoms with Gasteiger partial charge in [-0.2, -0.15) is 5.26 Å². The number of hydrogen-bond donors (Lipinski definition) is 1. The van der Waals surface area contributed by atoms with Crippen LogP contribution in [0.1, 0.15) is 17.2 Å². The summed E-state index contributed by atoms with van der Waals surface area (Å²) < 4.78 is 0. The van der Waals surface area contributed by atoms with E-state index in [1.54, 1.807) is 42.6 Å². The van der Waals surface area contributed by atoms with Gasteiger partial charge in [-0.3, -0.25) is 9.97 Å². The van der Waals surface area contributed by atoms with Gasteiger partial charge in [0.1, 0.15) is 11.6 Å². The Morgan fingerprint density at radius 1 is 0.744 bits per heavy atom. The first-order valence-corrected chi connectivity index (χ1v) is 14.6. The lowest BCUT2D eigenvalue weighted by molar-refractivity contribution is -0.132. The van der Waals surface area contributed by atoms with E-state index in [0.29, 0.717) is 0 Å². The van der Waals surface area contributed by atoms with Crippen molar-refractivity contribution in [3.8, 4) is 28.3 Å². The van der Waals surface area contributed by atoms with E-state index < -0.39 is 5.97 Å². The molecule has 43 heavy (non-hydrogen) atoms. The number of aromatic nitrogens is 2. The van der Waals surface area contributed by atoms with Crippen molar-refractivity contribution in [3.63, 3.8) is 0 Å². The maximum Gasteiger partial charge on any atom is 0.346 e. The summed E-state index contributed by atoms with van der Waals surface area (Å²) in [6.45, 7) is 0. The summed E-state index contributed by atoms with van der Waals surface area (Å²) in [5, 5.41) is 18.5. The highest BCUT2D eigenvalue weighted by Gasteiger charge is 2.21. The molecule has 1 aliphatic rings. The van der Waals surface area contributed by atoms with Crippen LogP contribution in [0.25, 0.3) is 22.3 Å². The topological polar surface area (TPSA) is 90.1 Å². The molecule has 1 unspecified atom stereocenters. The Labute approximate surface area is 254 Å². The van der Waals surface area contributed by atoms with E-state index in [1.807, 2.05) is 30.3 Å². The summed E-state index contributed by atoms with van der Waals surface area (Å²) in [6, 6.07) is 35.3. The van der Waals surface area contributed by atoms with Gasteiger partial charge >= 0.3 is 5.97 Å². The van der Waals surface area contributed by atoms with Gasteiger partial charge in [0.25, 0.3) is 0 Å². The lowest BCUT2D eigenvalue weighted by atomic mass is 10.0. The zero-order valence-electron chi connectivity index (χ0n) is 23.0. The molecule has 0 amide bonds. The molecule has 208 valence electrons. The third-order valence-corrected chi connectivity index (χ3v) is 8.56. The fourth-order valence-corrected chi connectivity index (χ4v) is 6.24. The van der Waals surface area contributed by atoms with E-state index in [4.69, 9.17) is 5.26 Å². The molecule has 3 heterocycles. The van der Waals surface area contributed by atoms with Gasteiger partial charge in [0.15, 0.2) is 0 Å². The minimum absolute atomic E-state index is 0.154. The lowest BCUT2D eigenvalue weighted by Crippen LogP contribution is -2.10. The summed E-state index contributed by atoms with van der Waals surface area (Å²) in [5.41, 5.74) is 8.43. The highest BCUT2D eigenvalue weighted by Crippen LogP contribution is 2.45. The first-order valence-electron chi connectivity index (χ1n) is 13.7. The number of rotatable bonds is 8. The van der Waals surface area contributed by atoms with Crippen molar-refractivity contribution in [1.29, 1.82) is 5.26 Å². The number of aliphatic carboxylic acids is 1. The van der Waals surface area contributed by atoms with E-state index in [9.17, 15) is 9.90 Å². The molecule has 3 aromatic carbocycles. The lowest BCUT2D eigenvalue weighted by Gasteiger charge is -2.26. The van der Waals surface area contributed by atoms with Gasteiger partial charge in [0.05, 0.1) is 0 Å². The molecule has 0 radical (unpaired) electrons. The van der Waals surface area contributed by atoms with Crippen molar-refractivity contribution in [1.82, 2.24) is 9.97 Å². The van der Waals surface area contributed by atoms with Gasteiger partial charge < -0.3 is 10.0 Å². The smallest absolute Gasteiger partial charge is 0.346 e. The molecule has 6 rings (SSSR count). The van der Waals surface area contributed by atoms with Crippen LogP contribution in [0.2, 0.25) is 0 Å². The third-order valence-electron chi connectivity index (χ3n) is 7.25. The molecule has 2 aromatic heterocycles. The number of carbonyl (C=O) groups is 1. The number of nitriles is 1. The quantitative estimate of drug-likeness (QED) is 0.145. The number of carboxylic acid groups (broad SMARTS) is 1. The SMILES string of the molecule is N#C/C(=C\C1=CCC(c2ccc(N(c3ccc(-c4ccncc4)cc3)c3ccc(-c4ccncc4)cc3)cc2)S1)C(=O)O. The highest BCUT2D eigenvalue weighted by molar-refractivity contribution is 8.03. The number of thioether (sulfide) groups is 1. The van der Waals surface area contributed by atoms with Gasteiger partial charge in [0, 0.05) is 52.0 Å². The number of benzene rings is 3. The average molecular weight is 579 g/mol. The van der Waals surface area contributed by atoms with Crippen molar-refractivity contribution in [2.45, 2.75) is 11.7 Å². The number of anilines is 3. The van der Waals surface area contributed by atoms with Crippen LogP contribution < -0.4 is 4.90 Å². The Kier molecular flexibility index (Phi) is 8.12. The van der Waals surface area contributed by atoms with Gasteiger partial charge in [0.2, 0.25) is 0 Å². The molecule has 1 aliphatic heterocycles. The number of allylic oxidation sites excluding steroid dienone is 2. The van der Waals surface area contributed by atoms with Crippen LogP contribution in [0.4, 0.5) is 17.1 Å². The molecule has 0 saturated heterocycles. The molecule has 0 aliphatic carbocycles. The minimum Gasteiger partial charge on any atom is -0.477 e. The monoisotopic (exact) mass is 578 g/mol. The predicted octanol–water partition coefficient (Wildman–Crippen LogP) is 8.88. The number of carboxylic acids is 1. The first kappa shape index (κ1) is 27.7. The average Bonchev–Trinajstić information content (AvgIpc) is 3.54. The fourth-order valence-electron chi connectivity index (χ4n) is 5.04. The van der Waals surface area contributed by atoms with Crippen molar-refractivity contribution in [2.24, 2.45) is 0 Å². The fraction of sp³-hybridized carbons (Fsp3) is 0.0556. The second kappa shape index (κ2) is 12.6. The molecule has 1 N–H and O–H groups in total. The third kappa shape index (κ3) is 6.25. The molecule has 7 heteroatoms. The van der Waals surface area contributed by atoms with Crippen LogP contribution in [0, 0.1) is 11.3 Å². The summed E-state index contributed by atoms with van der Waals surface area (Å²) in [4.78, 5) is 22.6. The normalized spacial score (nSPS) is 14.5. The molecule has 0 bridgehead atoms. The van der Waals surface area contributed by atoms with Gasteiger partial charge in [-0.05, 0) is 101 Å². The molecule has 5 aromatic rings. The van der Waals surface area contributed by atoms with E-state index >= 15 is 0 Å². The summed E-state index contributed by atoms with van der Waals surface area (Å²) >= 11 is 1.58. The van der Waals surface area contributed by atoms with Crippen LogP contribution in [0.3, 0.4) is 0 Å². The first-order chi connectivity index (χ1) is 21.1. The molecule has 0 spiro atoms. The Bertz CT molecular complexity index is 1750. The van der Waals surface area contributed by atoms with Crippen molar-refractivity contribution >= 4 is 34.8 Å². The zero-order valence-corrected chi connectivity index (χ0v) is 23.9. The second-order valence-corrected chi connectivity index (χ2v) is 11.2. The zero-order chi connectivity index (χ0) is 29.6. The van der Waals surface area contributed by atoms with Crippen LogP contribution in [-0.2, 0) is 4.79 Å². The van der Waals surface area contributed by atoms with Crippen LogP contribution >= 0.6 is 11.8 Å². The maximum absolute atomic E-state index is 11.2. The molecule has 1 atom stereocenters. The second-order valence-electron chi connectivity index (χ2n) is 9.92. The molecular weight excluding hydrogens is 552 g/mol. The van der Waals surface area contributed by atoms with Crippen molar-refractivity contribution in [3.05, 3.63) is 150 Å². The Hall–Kier alpha value is -5.45. The maximum atomic E-state index is 11.2. The van der Waals surface area contributed by atoms with Crippen LogP contribution in [-0.4, -0.2) is 21.0 Å². The molecular formula is C36H26N4O2S. The highest BCUT2D eigenvalue weighted by atomic mass is 32.2. The van der Waals surface area contributed by atoms with Crippen LogP contribution in [0.15, 0.2) is 144 Å². The van der Waals surface area contributed by atoms with Gasteiger partial charge in [-0.1, -0.05) is 42.5 Å². The van der Waals surface area contributed by atoms with Gasteiger partial charge in [-0.25, -0.2) is 4.79 Å².